The van der Waals surface area contributed by atoms with Gasteiger partial charge in [0.15, 0.2) is 4.34 Å². The van der Waals surface area contributed by atoms with Gasteiger partial charge in [0, 0.05) is 12.5 Å². The molecule has 4 rings (SSSR count). The Morgan fingerprint density at radius 1 is 1.23 bits per heavy atom. The number of hydrogen-bond donors (Lipinski definition) is 1. The number of fused-ring (bicyclic) bond motifs is 1. The SMILES string of the molecule is CCC(=O)N(c1nnc(SCC(=O)N[C@H](C)c2ccc3c(c2)CCCC3)s1)C1CC1. The normalized spacial score (nSPS) is 16.6. The molecule has 1 N–H and O–H groups in total. The molecule has 1 fully saturated rings. The first-order chi connectivity index (χ1) is 14.5. The van der Waals surface area contributed by atoms with Gasteiger partial charge in [-0.2, -0.15) is 0 Å². The Balaban J connectivity index is 1.31. The van der Waals surface area contributed by atoms with Crippen LogP contribution in [-0.2, 0) is 22.4 Å². The first-order valence-corrected chi connectivity index (χ1v) is 12.5. The summed E-state index contributed by atoms with van der Waals surface area (Å²) in [6.45, 7) is 3.89. The largest absolute Gasteiger partial charge is 0.349 e. The highest BCUT2D eigenvalue weighted by Gasteiger charge is 2.35. The average molecular weight is 445 g/mol. The van der Waals surface area contributed by atoms with Crippen molar-refractivity contribution >= 4 is 40.0 Å². The number of aryl methyl sites for hydroxylation is 2. The molecular weight excluding hydrogens is 416 g/mol. The van der Waals surface area contributed by atoms with Crippen LogP contribution in [0.25, 0.3) is 0 Å². The van der Waals surface area contributed by atoms with Gasteiger partial charge < -0.3 is 5.32 Å². The summed E-state index contributed by atoms with van der Waals surface area (Å²) in [5.41, 5.74) is 4.04. The van der Waals surface area contributed by atoms with Crippen molar-refractivity contribution in [1.82, 2.24) is 15.5 Å². The van der Waals surface area contributed by atoms with Crippen molar-refractivity contribution in [3.8, 4) is 0 Å². The lowest BCUT2D eigenvalue weighted by molar-refractivity contribution is -0.119. The van der Waals surface area contributed by atoms with Crippen molar-refractivity contribution in [3.63, 3.8) is 0 Å². The zero-order chi connectivity index (χ0) is 21.1. The molecule has 0 aliphatic heterocycles. The molecule has 1 saturated carbocycles. The second-order valence-corrected chi connectivity index (χ2v) is 10.2. The van der Waals surface area contributed by atoms with E-state index in [9.17, 15) is 9.59 Å². The summed E-state index contributed by atoms with van der Waals surface area (Å²) in [6.07, 6.45) is 7.33. The number of aromatic nitrogens is 2. The second kappa shape index (κ2) is 9.47. The lowest BCUT2D eigenvalue weighted by Gasteiger charge is -2.20. The van der Waals surface area contributed by atoms with Crippen LogP contribution in [0.2, 0.25) is 0 Å². The van der Waals surface area contributed by atoms with Gasteiger partial charge in [-0.25, -0.2) is 0 Å². The smallest absolute Gasteiger partial charge is 0.230 e. The molecule has 2 aliphatic rings. The minimum atomic E-state index is -0.0251. The third kappa shape index (κ3) is 5.03. The van der Waals surface area contributed by atoms with Crippen molar-refractivity contribution in [2.24, 2.45) is 0 Å². The van der Waals surface area contributed by atoms with E-state index in [1.54, 1.807) is 4.90 Å². The summed E-state index contributed by atoms with van der Waals surface area (Å²) in [5.74, 6) is 0.349. The molecule has 1 aromatic carbocycles. The van der Waals surface area contributed by atoms with Crippen LogP contribution >= 0.6 is 23.1 Å². The van der Waals surface area contributed by atoms with Crippen LogP contribution in [0.4, 0.5) is 5.13 Å². The zero-order valence-electron chi connectivity index (χ0n) is 17.5. The Bertz CT molecular complexity index is 926. The number of nitrogens with one attached hydrogen (secondary N) is 1. The summed E-state index contributed by atoms with van der Waals surface area (Å²) in [4.78, 5) is 26.4. The number of thioether (sulfide) groups is 1. The number of amides is 2. The van der Waals surface area contributed by atoms with Gasteiger partial charge in [0.05, 0.1) is 11.8 Å². The van der Waals surface area contributed by atoms with E-state index in [1.807, 2.05) is 13.8 Å². The van der Waals surface area contributed by atoms with Crippen LogP contribution in [0.1, 0.15) is 68.7 Å². The lowest BCUT2D eigenvalue weighted by Crippen LogP contribution is -2.32. The van der Waals surface area contributed by atoms with Crippen LogP contribution in [0.15, 0.2) is 22.5 Å². The van der Waals surface area contributed by atoms with Gasteiger partial charge in [0.2, 0.25) is 16.9 Å². The average Bonchev–Trinajstić information content (AvgIpc) is 3.48. The standard InChI is InChI=1S/C22H28N4O2S2/c1-3-20(28)26(18-10-11-18)21-24-25-22(30-21)29-13-19(27)23-14(2)16-9-8-15-6-4-5-7-17(15)12-16/h8-9,12,14,18H,3-7,10-11,13H2,1-2H3,(H,23,27)/t14-/m1/s1. The summed E-state index contributed by atoms with van der Waals surface area (Å²) < 4.78 is 0.719. The van der Waals surface area contributed by atoms with Gasteiger partial charge in [-0.15, -0.1) is 10.2 Å². The molecule has 0 saturated heterocycles. The minimum Gasteiger partial charge on any atom is -0.349 e. The minimum absolute atomic E-state index is 0.0225. The Morgan fingerprint density at radius 3 is 2.73 bits per heavy atom. The highest BCUT2D eigenvalue weighted by Crippen LogP contribution is 2.36. The second-order valence-electron chi connectivity index (χ2n) is 8.01. The van der Waals surface area contributed by atoms with E-state index in [4.69, 9.17) is 0 Å². The number of carbonyl (C=O) groups is 2. The summed E-state index contributed by atoms with van der Waals surface area (Å²) >= 11 is 2.76. The molecule has 2 amide bonds. The number of anilines is 1. The Labute approximate surface area is 185 Å². The van der Waals surface area contributed by atoms with Crippen molar-refractivity contribution in [1.29, 1.82) is 0 Å². The maximum absolute atomic E-state index is 12.5. The highest BCUT2D eigenvalue weighted by atomic mass is 32.2. The molecule has 8 heteroatoms. The van der Waals surface area contributed by atoms with Gasteiger partial charge in [-0.1, -0.05) is 48.2 Å². The predicted molar refractivity (Wildman–Crippen MR) is 121 cm³/mol. The quantitative estimate of drug-likeness (QED) is 0.486. The van der Waals surface area contributed by atoms with Gasteiger partial charge in [-0.05, 0) is 62.1 Å². The molecule has 160 valence electrons. The maximum atomic E-state index is 12.5. The topological polar surface area (TPSA) is 75.2 Å². The molecule has 0 spiro atoms. The number of rotatable bonds is 8. The van der Waals surface area contributed by atoms with Gasteiger partial charge in [-0.3, -0.25) is 14.5 Å². The van der Waals surface area contributed by atoms with E-state index in [1.165, 1.54) is 53.5 Å². The van der Waals surface area contributed by atoms with Crippen molar-refractivity contribution in [2.45, 2.75) is 75.2 Å². The number of nitrogens with zero attached hydrogens (tertiary/aromatic N) is 3. The van der Waals surface area contributed by atoms with E-state index < -0.39 is 0 Å². The Morgan fingerprint density at radius 2 is 2.00 bits per heavy atom. The predicted octanol–water partition coefficient (Wildman–Crippen LogP) is 4.29. The van der Waals surface area contributed by atoms with Crippen molar-refractivity contribution in [3.05, 3.63) is 34.9 Å². The Kier molecular flexibility index (Phi) is 6.73. The fraction of sp³-hybridized carbons (Fsp3) is 0.545. The first-order valence-electron chi connectivity index (χ1n) is 10.7. The van der Waals surface area contributed by atoms with Crippen LogP contribution in [-0.4, -0.2) is 33.8 Å². The number of carbonyl (C=O) groups excluding carboxylic acids is 2. The third-order valence-corrected chi connectivity index (χ3v) is 7.72. The van der Waals surface area contributed by atoms with Crippen molar-refractivity contribution in [2.75, 3.05) is 10.7 Å². The third-order valence-electron chi connectivity index (χ3n) is 5.66. The van der Waals surface area contributed by atoms with Crippen molar-refractivity contribution < 1.29 is 9.59 Å². The number of hydrogen-bond acceptors (Lipinski definition) is 6. The first kappa shape index (κ1) is 21.3. The highest BCUT2D eigenvalue weighted by molar-refractivity contribution is 8.01. The van der Waals surface area contributed by atoms with Crippen LogP contribution in [0, 0.1) is 0 Å². The number of benzene rings is 1. The summed E-state index contributed by atoms with van der Waals surface area (Å²) in [5, 5.41) is 12.1. The van der Waals surface area contributed by atoms with Crippen LogP contribution in [0.5, 0.6) is 0 Å². The molecular formula is C22H28N4O2S2. The van der Waals surface area contributed by atoms with Crippen LogP contribution < -0.4 is 10.2 Å². The van der Waals surface area contributed by atoms with Gasteiger partial charge in [0.25, 0.3) is 0 Å². The van der Waals surface area contributed by atoms with E-state index in [0.29, 0.717) is 11.6 Å². The zero-order valence-corrected chi connectivity index (χ0v) is 19.2. The fourth-order valence-electron chi connectivity index (χ4n) is 3.84. The molecule has 30 heavy (non-hydrogen) atoms. The molecule has 0 radical (unpaired) electrons. The lowest BCUT2D eigenvalue weighted by atomic mass is 9.89. The molecule has 1 aromatic heterocycles. The van der Waals surface area contributed by atoms with E-state index in [-0.39, 0.29) is 29.7 Å². The monoisotopic (exact) mass is 444 g/mol. The molecule has 6 nitrogen and oxygen atoms in total. The van der Waals surface area contributed by atoms with E-state index in [0.717, 1.165) is 29.2 Å². The van der Waals surface area contributed by atoms with Gasteiger partial charge in [0.1, 0.15) is 0 Å². The van der Waals surface area contributed by atoms with Crippen LogP contribution in [0.3, 0.4) is 0 Å². The van der Waals surface area contributed by atoms with E-state index >= 15 is 0 Å². The van der Waals surface area contributed by atoms with E-state index in [2.05, 4.69) is 33.7 Å². The maximum Gasteiger partial charge on any atom is 0.230 e. The fourth-order valence-corrected chi connectivity index (χ4v) is 5.59. The molecule has 1 heterocycles. The molecule has 2 aromatic rings. The van der Waals surface area contributed by atoms with Gasteiger partial charge >= 0.3 is 0 Å². The summed E-state index contributed by atoms with van der Waals surface area (Å²) in [6, 6.07) is 6.84. The molecule has 2 aliphatic carbocycles. The molecule has 1 atom stereocenters. The molecule has 0 unspecified atom stereocenters. The molecule has 0 bridgehead atoms. The Hall–Kier alpha value is -1.93. The summed E-state index contributed by atoms with van der Waals surface area (Å²) in [7, 11) is 0.